The molecule has 0 atom stereocenters. The molecule has 11 nitrogen and oxygen atoms in total. The van der Waals surface area contributed by atoms with E-state index in [-0.39, 0.29) is 10.4 Å². The van der Waals surface area contributed by atoms with Gasteiger partial charge in [-0.15, -0.1) is 0 Å². The van der Waals surface area contributed by atoms with Crippen molar-refractivity contribution in [2.75, 3.05) is 46.0 Å². The van der Waals surface area contributed by atoms with E-state index in [4.69, 9.17) is 9.47 Å². The lowest BCUT2D eigenvalue weighted by molar-refractivity contribution is 0.0376. The Morgan fingerprint density at radius 1 is 1.13 bits per heavy atom. The second-order valence-corrected chi connectivity index (χ2v) is 12.1. The number of aromatic nitrogens is 3. The predicted molar refractivity (Wildman–Crippen MR) is 154 cm³/mol. The number of nitrogens with zero attached hydrogens (tertiary/aromatic N) is 3. The Kier molecular flexibility index (Phi) is 9.70. The van der Waals surface area contributed by atoms with Gasteiger partial charge in [0.15, 0.2) is 0 Å². The summed E-state index contributed by atoms with van der Waals surface area (Å²) >= 11 is 3.60. The van der Waals surface area contributed by atoms with E-state index < -0.39 is 21.3 Å². The summed E-state index contributed by atoms with van der Waals surface area (Å²) in [4.78, 5) is 31.4. The summed E-state index contributed by atoms with van der Waals surface area (Å²) in [5.74, 6) is 0.469. The fraction of sp³-hybridized carbons (Fsp3) is 0.538. The summed E-state index contributed by atoms with van der Waals surface area (Å²) in [7, 11) is -2.37. The van der Waals surface area contributed by atoms with Crippen LogP contribution >= 0.6 is 15.9 Å². The van der Waals surface area contributed by atoms with Crippen molar-refractivity contribution in [3.63, 3.8) is 0 Å². The fourth-order valence-corrected chi connectivity index (χ4v) is 6.48. The highest BCUT2D eigenvalue weighted by molar-refractivity contribution is 9.10. The molecule has 0 bridgehead atoms. The molecule has 0 spiro atoms. The summed E-state index contributed by atoms with van der Waals surface area (Å²) in [6, 6.07) is 4.68. The van der Waals surface area contributed by atoms with E-state index in [0.29, 0.717) is 72.7 Å². The molecular formula is C26H36BrN5O6S. The van der Waals surface area contributed by atoms with Crippen LogP contribution in [0.25, 0.3) is 22.3 Å². The zero-order chi connectivity index (χ0) is 28.2. The van der Waals surface area contributed by atoms with Crippen LogP contribution in [-0.2, 0) is 28.4 Å². The average Bonchev–Trinajstić information content (AvgIpc) is 3.28. The SMILES string of the molecule is CCCOc1ccc(S(=O)(=O)NCCCN2CCOCC2)cc1-c1[nH]c2c(=O)n(C)c(=O)n(CCC)c2c1Br. The molecule has 0 aliphatic carbocycles. The van der Waals surface area contributed by atoms with Gasteiger partial charge in [0.05, 0.1) is 40.4 Å². The van der Waals surface area contributed by atoms with Crippen molar-refractivity contribution in [2.24, 2.45) is 7.05 Å². The van der Waals surface area contributed by atoms with E-state index in [1.165, 1.54) is 19.2 Å². The molecule has 3 heterocycles. The Hall–Kier alpha value is -2.45. The third-order valence-corrected chi connectivity index (χ3v) is 8.94. The molecule has 0 saturated carbocycles. The number of ether oxygens (including phenoxy) is 2. The molecule has 4 rings (SSSR count). The van der Waals surface area contributed by atoms with Crippen molar-refractivity contribution in [3.05, 3.63) is 43.5 Å². The van der Waals surface area contributed by atoms with Crippen molar-refractivity contribution in [2.45, 2.75) is 44.6 Å². The molecule has 1 saturated heterocycles. The number of sulfonamides is 1. The molecule has 3 aromatic rings. The van der Waals surface area contributed by atoms with Gasteiger partial charge in [0, 0.05) is 38.8 Å². The van der Waals surface area contributed by atoms with Crippen LogP contribution in [0.5, 0.6) is 5.75 Å². The number of halogens is 1. The first-order valence-corrected chi connectivity index (χ1v) is 15.5. The second-order valence-electron chi connectivity index (χ2n) is 9.55. The summed E-state index contributed by atoms with van der Waals surface area (Å²) in [5.41, 5.74) is 0.754. The Bertz CT molecular complexity index is 1540. The van der Waals surface area contributed by atoms with Crippen molar-refractivity contribution in [1.29, 1.82) is 0 Å². The van der Waals surface area contributed by atoms with Crippen molar-refractivity contribution in [3.8, 4) is 17.0 Å². The molecule has 214 valence electrons. The molecule has 0 unspecified atom stereocenters. The first kappa shape index (κ1) is 29.5. The molecule has 1 aromatic carbocycles. The van der Waals surface area contributed by atoms with Crippen LogP contribution in [0.3, 0.4) is 0 Å². The molecule has 13 heteroatoms. The van der Waals surface area contributed by atoms with Gasteiger partial charge in [-0.2, -0.15) is 0 Å². The molecule has 1 aliphatic rings. The molecule has 0 amide bonds. The maximum atomic E-state index is 13.2. The van der Waals surface area contributed by atoms with E-state index in [2.05, 4.69) is 30.5 Å². The minimum Gasteiger partial charge on any atom is -0.493 e. The maximum Gasteiger partial charge on any atom is 0.331 e. The number of aryl methyl sites for hydroxylation is 1. The van der Waals surface area contributed by atoms with Gasteiger partial charge in [-0.1, -0.05) is 13.8 Å². The number of nitrogens with one attached hydrogen (secondary N) is 2. The lowest BCUT2D eigenvalue weighted by Crippen LogP contribution is -2.38. The van der Waals surface area contributed by atoms with E-state index >= 15 is 0 Å². The van der Waals surface area contributed by atoms with Gasteiger partial charge in [0.25, 0.3) is 5.56 Å². The second kappa shape index (κ2) is 12.8. The molecular weight excluding hydrogens is 590 g/mol. The monoisotopic (exact) mass is 625 g/mol. The molecule has 1 fully saturated rings. The lowest BCUT2D eigenvalue weighted by Gasteiger charge is -2.26. The van der Waals surface area contributed by atoms with Crippen molar-refractivity contribution >= 4 is 37.0 Å². The average molecular weight is 627 g/mol. The molecule has 1 aliphatic heterocycles. The number of H-pyrrole nitrogens is 1. The summed E-state index contributed by atoms with van der Waals surface area (Å²) in [6.45, 7) is 8.97. The highest BCUT2D eigenvalue weighted by Crippen LogP contribution is 2.39. The van der Waals surface area contributed by atoms with Gasteiger partial charge in [-0.3, -0.25) is 18.8 Å². The minimum absolute atomic E-state index is 0.0807. The molecule has 2 aromatic heterocycles. The Labute approximate surface area is 236 Å². The number of rotatable bonds is 12. The van der Waals surface area contributed by atoms with Crippen molar-refractivity contribution < 1.29 is 17.9 Å². The number of morpholine rings is 1. The Morgan fingerprint density at radius 2 is 1.87 bits per heavy atom. The van der Waals surface area contributed by atoms with Crippen LogP contribution in [-0.4, -0.2) is 73.4 Å². The van der Waals surface area contributed by atoms with Crippen LogP contribution in [0, 0.1) is 0 Å². The Balaban J connectivity index is 1.71. The normalized spacial score (nSPS) is 14.8. The smallest absolute Gasteiger partial charge is 0.331 e. The topological polar surface area (TPSA) is 128 Å². The van der Waals surface area contributed by atoms with Gasteiger partial charge in [-0.25, -0.2) is 17.9 Å². The zero-order valence-electron chi connectivity index (χ0n) is 22.6. The summed E-state index contributed by atoms with van der Waals surface area (Å²) in [5, 5.41) is 0. The van der Waals surface area contributed by atoms with Crippen LogP contribution in [0.1, 0.15) is 33.1 Å². The maximum absolute atomic E-state index is 13.2. The number of aromatic amines is 1. The van der Waals surface area contributed by atoms with E-state index in [9.17, 15) is 18.0 Å². The van der Waals surface area contributed by atoms with Crippen LogP contribution in [0.4, 0.5) is 0 Å². The number of hydrogen-bond donors (Lipinski definition) is 2. The van der Waals surface area contributed by atoms with E-state index in [1.54, 1.807) is 10.6 Å². The standard InChI is InChI=1S/C26H36BrN5O6S/c1-4-10-32-24-21(27)22(29-23(24)25(33)30(3)26(32)34)19-17-18(7-8-20(19)38-14-5-2)39(35,36)28-9-6-11-31-12-15-37-16-13-31/h7-8,17,28-29H,4-6,9-16H2,1-3H3. The van der Waals surface area contributed by atoms with Crippen LogP contribution < -0.4 is 20.7 Å². The number of benzene rings is 1. The van der Waals surface area contributed by atoms with Gasteiger partial charge in [0.2, 0.25) is 10.0 Å². The minimum atomic E-state index is -3.81. The van der Waals surface area contributed by atoms with E-state index in [1.807, 2.05) is 13.8 Å². The molecule has 0 radical (unpaired) electrons. The molecule has 39 heavy (non-hydrogen) atoms. The Morgan fingerprint density at radius 3 is 2.56 bits per heavy atom. The van der Waals surface area contributed by atoms with Gasteiger partial charge in [0.1, 0.15) is 11.3 Å². The summed E-state index contributed by atoms with van der Waals surface area (Å²) < 4.78 is 43.6. The van der Waals surface area contributed by atoms with Crippen LogP contribution in [0.15, 0.2) is 37.2 Å². The predicted octanol–water partition coefficient (Wildman–Crippen LogP) is 2.66. The number of hydrogen-bond acceptors (Lipinski definition) is 7. The zero-order valence-corrected chi connectivity index (χ0v) is 25.0. The molecule has 2 N–H and O–H groups in total. The quantitative estimate of drug-likeness (QED) is 0.296. The van der Waals surface area contributed by atoms with Gasteiger partial charge >= 0.3 is 5.69 Å². The van der Waals surface area contributed by atoms with Gasteiger partial charge < -0.3 is 14.5 Å². The lowest BCUT2D eigenvalue weighted by atomic mass is 10.1. The third kappa shape index (κ3) is 6.32. The van der Waals surface area contributed by atoms with Crippen molar-refractivity contribution in [1.82, 2.24) is 23.7 Å². The highest BCUT2D eigenvalue weighted by Gasteiger charge is 2.24. The van der Waals surface area contributed by atoms with E-state index in [0.717, 1.165) is 30.6 Å². The first-order chi connectivity index (χ1) is 18.7. The third-order valence-electron chi connectivity index (χ3n) is 6.71. The number of fused-ring (bicyclic) bond motifs is 1. The first-order valence-electron chi connectivity index (χ1n) is 13.3. The summed E-state index contributed by atoms with van der Waals surface area (Å²) in [6.07, 6.45) is 2.13. The largest absolute Gasteiger partial charge is 0.493 e. The van der Waals surface area contributed by atoms with Gasteiger partial charge in [-0.05, 0) is 59.9 Å². The van der Waals surface area contributed by atoms with Crippen LogP contribution in [0.2, 0.25) is 0 Å². The highest BCUT2D eigenvalue weighted by atomic mass is 79.9. The fourth-order valence-electron chi connectivity index (χ4n) is 4.65.